The van der Waals surface area contributed by atoms with E-state index in [1.54, 1.807) is 0 Å². The fraction of sp³-hybridized carbons (Fsp3) is 0.360. The van der Waals surface area contributed by atoms with Crippen molar-refractivity contribution >= 4 is 17.5 Å². The Morgan fingerprint density at radius 1 is 0.968 bits per heavy atom. The van der Waals surface area contributed by atoms with Crippen molar-refractivity contribution in [1.29, 1.82) is 0 Å². The molecule has 0 atom stereocenters. The first kappa shape index (κ1) is 21.6. The van der Waals surface area contributed by atoms with E-state index in [2.05, 4.69) is 17.0 Å². The Morgan fingerprint density at radius 3 is 2.45 bits per heavy atom. The Hall–Kier alpha value is -2.63. The molecular formula is C25H29ClN4O. The molecule has 1 saturated heterocycles. The van der Waals surface area contributed by atoms with Crippen molar-refractivity contribution in [3.63, 3.8) is 0 Å². The summed E-state index contributed by atoms with van der Waals surface area (Å²) in [6.45, 7) is 8.38. The molecule has 1 fully saturated rings. The maximum atomic E-state index is 13.1. The van der Waals surface area contributed by atoms with Crippen LogP contribution in [0.1, 0.15) is 28.9 Å². The minimum Gasteiger partial charge on any atom is -0.341 e. The van der Waals surface area contributed by atoms with E-state index in [4.69, 9.17) is 16.7 Å². The highest BCUT2D eigenvalue weighted by Crippen LogP contribution is 2.20. The number of carbonyl (C=O) groups is 1. The highest BCUT2D eigenvalue weighted by Gasteiger charge is 2.22. The van der Waals surface area contributed by atoms with Gasteiger partial charge in [-0.25, -0.2) is 4.68 Å². The van der Waals surface area contributed by atoms with Gasteiger partial charge in [0.15, 0.2) is 0 Å². The van der Waals surface area contributed by atoms with Gasteiger partial charge in [-0.2, -0.15) is 5.10 Å². The maximum Gasteiger partial charge on any atom is 0.227 e. The fourth-order valence-corrected chi connectivity index (χ4v) is 4.37. The van der Waals surface area contributed by atoms with Gasteiger partial charge in [-0.15, -0.1) is 0 Å². The molecule has 0 bridgehead atoms. The standard InChI is InChI=1S/C25H29ClN4O/c1-19-24(20(2)30(27-19)23-7-4-3-5-8-23)17-25(31)29-14-6-13-28(15-16-29)18-21-9-11-22(26)12-10-21/h3-5,7-12H,6,13-18H2,1-2H3. The number of hydrogen-bond acceptors (Lipinski definition) is 3. The third kappa shape index (κ3) is 5.17. The zero-order chi connectivity index (χ0) is 21.8. The third-order valence-electron chi connectivity index (χ3n) is 6.03. The van der Waals surface area contributed by atoms with Gasteiger partial charge in [0, 0.05) is 49.0 Å². The third-order valence-corrected chi connectivity index (χ3v) is 6.28. The highest BCUT2D eigenvalue weighted by molar-refractivity contribution is 6.30. The number of aromatic nitrogens is 2. The molecule has 3 aromatic rings. The molecular weight excluding hydrogens is 408 g/mol. The Bertz CT molecular complexity index is 1030. The molecule has 0 radical (unpaired) electrons. The number of para-hydroxylation sites is 1. The van der Waals surface area contributed by atoms with Crippen molar-refractivity contribution in [3.8, 4) is 5.69 Å². The van der Waals surface area contributed by atoms with Gasteiger partial charge < -0.3 is 4.90 Å². The lowest BCUT2D eigenvalue weighted by Crippen LogP contribution is -2.36. The Morgan fingerprint density at radius 2 is 1.71 bits per heavy atom. The lowest BCUT2D eigenvalue weighted by Gasteiger charge is -2.22. The Kier molecular flexibility index (Phi) is 6.73. The fourth-order valence-electron chi connectivity index (χ4n) is 4.24. The summed E-state index contributed by atoms with van der Waals surface area (Å²) < 4.78 is 1.94. The maximum absolute atomic E-state index is 13.1. The molecule has 0 saturated carbocycles. The molecule has 4 rings (SSSR count). The number of carbonyl (C=O) groups excluding carboxylic acids is 1. The Balaban J connectivity index is 1.39. The normalized spacial score (nSPS) is 15.1. The summed E-state index contributed by atoms with van der Waals surface area (Å²) in [5, 5.41) is 5.45. The van der Waals surface area contributed by atoms with Crippen molar-refractivity contribution < 1.29 is 4.79 Å². The minimum atomic E-state index is 0.187. The van der Waals surface area contributed by atoms with Crippen LogP contribution in [0.4, 0.5) is 0 Å². The molecule has 1 aromatic heterocycles. The van der Waals surface area contributed by atoms with Crippen molar-refractivity contribution in [3.05, 3.63) is 82.1 Å². The molecule has 1 aliphatic heterocycles. The van der Waals surface area contributed by atoms with Crippen LogP contribution < -0.4 is 0 Å². The van der Waals surface area contributed by atoms with Crippen LogP contribution in [0, 0.1) is 13.8 Å². The minimum absolute atomic E-state index is 0.187. The molecule has 0 spiro atoms. The van der Waals surface area contributed by atoms with E-state index in [-0.39, 0.29) is 5.91 Å². The number of amides is 1. The van der Waals surface area contributed by atoms with E-state index >= 15 is 0 Å². The van der Waals surface area contributed by atoms with Gasteiger partial charge in [0.25, 0.3) is 0 Å². The second-order valence-corrected chi connectivity index (χ2v) is 8.65. The number of hydrogen-bond donors (Lipinski definition) is 0. The summed E-state index contributed by atoms with van der Waals surface area (Å²) in [6.07, 6.45) is 1.39. The van der Waals surface area contributed by atoms with Gasteiger partial charge in [0.05, 0.1) is 17.8 Å². The lowest BCUT2D eigenvalue weighted by molar-refractivity contribution is -0.130. The molecule has 1 aliphatic rings. The summed E-state index contributed by atoms with van der Waals surface area (Å²) in [6, 6.07) is 18.1. The van der Waals surface area contributed by atoms with Crippen LogP contribution in [0.5, 0.6) is 0 Å². The summed E-state index contributed by atoms with van der Waals surface area (Å²) in [7, 11) is 0. The zero-order valence-electron chi connectivity index (χ0n) is 18.2. The average molecular weight is 437 g/mol. The predicted molar refractivity (Wildman–Crippen MR) is 125 cm³/mol. The van der Waals surface area contributed by atoms with Crippen LogP contribution in [0.25, 0.3) is 5.69 Å². The number of nitrogens with zero attached hydrogens (tertiary/aromatic N) is 4. The van der Waals surface area contributed by atoms with Gasteiger partial charge in [-0.1, -0.05) is 41.9 Å². The molecule has 6 heteroatoms. The number of benzene rings is 2. The molecule has 2 heterocycles. The monoisotopic (exact) mass is 436 g/mol. The number of aryl methyl sites for hydroxylation is 1. The van der Waals surface area contributed by atoms with E-state index in [9.17, 15) is 4.79 Å². The van der Waals surface area contributed by atoms with E-state index in [1.807, 2.05) is 65.9 Å². The van der Waals surface area contributed by atoms with E-state index in [1.165, 1.54) is 5.56 Å². The number of halogens is 1. The lowest BCUT2D eigenvalue weighted by atomic mass is 10.1. The first-order valence-electron chi connectivity index (χ1n) is 10.9. The molecule has 2 aromatic carbocycles. The average Bonchev–Trinajstić information content (AvgIpc) is 2.94. The van der Waals surface area contributed by atoms with E-state index in [0.29, 0.717) is 6.42 Å². The van der Waals surface area contributed by atoms with Crippen LogP contribution in [0.3, 0.4) is 0 Å². The Labute approximate surface area is 189 Å². The summed E-state index contributed by atoms with van der Waals surface area (Å²) in [5.74, 6) is 0.187. The molecule has 0 N–H and O–H groups in total. The summed E-state index contributed by atoms with van der Waals surface area (Å²) in [4.78, 5) is 17.6. The summed E-state index contributed by atoms with van der Waals surface area (Å²) >= 11 is 6.00. The van der Waals surface area contributed by atoms with Gasteiger partial charge in [-0.3, -0.25) is 9.69 Å². The molecule has 1 amide bonds. The first-order valence-corrected chi connectivity index (χ1v) is 11.2. The van der Waals surface area contributed by atoms with Crippen molar-refractivity contribution in [1.82, 2.24) is 19.6 Å². The SMILES string of the molecule is Cc1nn(-c2ccccc2)c(C)c1CC(=O)N1CCCN(Cc2ccc(Cl)cc2)CC1. The van der Waals surface area contributed by atoms with Crippen LogP contribution in [-0.4, -0.2) is 51.7 Å². The second kappa shape index (κ2) is 9.67. The van der Waals surface area contributed by atoms with Gasteiger partial charge >= 0.3 is 0 Å². The predicted octanol–water partition coefficient (Wildman–Crippen LogP) is 4.42. The molecule has 0 aliphatic carbocycles. The van der Waals surface area contributed by atoms with Crippen molar-refractivity contribution in [2.24, 2.45) is 0 Å². The summed E-state index contributed by atoms with van der Waals surface area (Å²) in [5.41, 5.74) is 5.28. The van der Waals surface area contributed by atoms with Crippen LogP contribution in [-0.2, 0) is 17.8 Å². The van der Waals surface area contributed by atoms with Crippen LogP contribution in [0.15, 0.2) is 54.6 Å². The highest BCUT2D eigenvalue weighted by atomic mass is 35.5. The molecule has 0 unspecified atom stereocenters. The van der Waals surface area contributed by atoms with Gasteiger partial charge in [0.1, 0.15) is 0 Å². The van der Waals surface area contributed by atoms with Crippen LogP contribution in [0.2, 0.25) is 5.02 Å². The molecule has 31 heavy (non-hydrogen) atoms. The molecule has 5 nitrogen and oxygen atoms in total. The molecule has 162 valence electrons. The quantitative estimate of drug-likeness (QED) is 0.594. The number of rotatable bonds is 5. The smallest absolute Gasteiger partial charge is 0.227 e. The van der Waals surface area contributed by atoms with Gasteiger partial charge in [0.2, 0.25) is 5.91 Å². The second-order valence-electron chi connectivity index (χ2n) is 8.21. The van der Waals surface area contributed by atoms with Gasteiger partial charge in [-0.05, 0) is 50.1 Å². The van der Waals surface area contributed by atoms with E-state index in [0.717, 1.165) is 66.8 Å². The van der Waals surface area contributed by atoms with Crippen molar-refractivity contribution in [2.75, 3.05) is 26.2 Å². The van der Waals surface area contributed by atoms with E-state index < -0.39 is 0 Å². The van der Waals surface area contributed by atoms with Crippen LogP contribution >= 0.6 is 11.6 Å². The zero-order valence-corrected chi connectivity index (χ0v) is 19.0. The largest absolute Gasteiger partial charge is 0.341 e. The first-order chi connectivity index (χ1) is 15.0. The van der Waals surface area contributed by atoms with Crippen molar-refractivity contribution in [2.45, 2.75) is 33.2 Å². The topological polar surface area (TPSA) is 41.4 Å².